The molecule has 1 heterocycles. The van der Waals surface area contributed by atoms with Crippen LogP contribution < -0.4 is 10.6 Å². The number of amides is 2. The lowest BCUT2D eigenvalue weighted by Gasteiger charge is -2.10. The molecule has 0 aliphatic carbocycles. The van der Waals surface area contributed by atoms with Gasteiger partial charge in [0.2, 0.25) is 11.8 Å². The van der Waals surface area contributed by atoms with Crippen LogP contribution in [0.4, 0.5) is 0 Å². The van der Waals surface area contributed by atoms with E-state index in [1.54, 1.807) is 0 Å². The molecule has 0 bridgehead atoms. The van der Waals surface area contributed by atoms with Crippen LogP contribution in [0.15, 0.2) is 0 Å². The van der Waals surface area contributed by atoms with Crippen molar-refractivity contribution >= 4 is 33.3 Å². The summed E-state index contributed by atoms with van der Waals surface area (Å²) in [7, 11) is -3.00. The number of hydrogen-bond donors (Lipinski definition) is 2. The maximum absolute atomic E-state index is 11.3. The second kappa shape index (κ2) is 5.49. The quantitative estimate of drug-likeness (QED) is 0.617. The van der Waals surface area contributed by atoms with Gasteiger partial charge in [0.25, 0.3) is 0 Å². The third-order valence-corrected chi connectivity index (χ3v) is 4.18. The molecule has 1 atom stereocenters. The summed E-state index contributed by atoms with van der Waals surface area (Å²) < 4.78 is 22.2. The lowest BCUT2D eigenvalue weighted by molar-refractivity contribution is -0.125. The summed E-state index contributed by atoms with van der Waals surface area (Å²) in [5, 5.41) is 4.83. The molecule has 0 saturated carbocycles. The van der Waals surface area contributed by atoms with Crippen LogP contribution in [0, 0.1) is 0 Å². The smallest absolute Gasteiger partial charge is 0.239 e. The summed E-state index contributed by atoms with van der Waals surface area (Å²) in [6, 6.07) is -0.342. The van der Waals surface area contributed by atoms with Crippen molar-refractivity contribution in [2.24, 2.45) is 0 Å². The molecule has 0 aromatic carbocycles. The Balaban J connectivity index is 2.28. The predicted molar refractivity (Wildman–Crippen MR) is 58.9 cm³/mol. The van der Waals surface area contributed by atoms with Crippen molar-refractivity contribution in [2.45, 2.75) is 12.5 Å². The van der Waals surface area contributed by atoms with Gasteiger partial charge in [0.15, 0.2) is 9.84 Å². The van der Waals surface area contributed by atoms with Crippen LogP contribution in [0.25, 0.3) is 0 Å². The van der Waals surface area contributed by atoms with Crippen molar-refractivity contribution in [3.05, 3.63) is 0 Å². The Hall–Kier alpha value is -0.820. The molecular formula is C8H13ClN2O4S. The summed E-state index contributed by atoms with van der Waals surface area (Å²) in [6.07, 6.45) is 0.428. The van der Waals surface area contributed by atoms with Crippen molar-refractivity contribution in [3.63, 3.8) is 0 Å². The van der Waals surface area contributed by atoms with Crippen molar-refractivity contribution in [2.75, 3.05) is 23.9 Å². The Morgan fingerprint density at radius 3 is 2.50 bits per heavy atom. The van der Waals surface area contributed by atoms with E-state index in [9.17, 15) is 18.0 Å². The van der Waals surface area contributed by atoms with Gasteiger partial charge in [0.05, 0.1) is 18.1 Å². The van der Waals surface area contributed by atoms with E-state index in [0.29, 0.717) is 6.42 Å². The van der Waals surface area contributed by atoms with E-state index >= 15 is 0 Å². The average molecular weight is 269 g/mol. The third-order valence-electron chi connectivity index (χ3n) is 2.17. The van der Waals surface area contributed by atoms with Crippen LogP contribution in [0.3, 0.4) is 0 Å². The number of halogens is 1. The number of hydrogen-bond acceptors (Lipinski definition) is 4. The maximum atomic E-state index is 11.3. The zero-order valence-electron chi connectivity index (χ0n) is 8.53. The van der Waals surface area contributed by atoms with Crippen LogP contribution >= 0.6 is 11.6 Å². The Labute approximate surface area is 98.6 Å². The van der Waals surface area contributed by atoms with Crippen molar-refractivity contribution in [1.29, 1.82) is 0 Å². The lowest BCUT2D eigenvalue weighted by atomic mass is 10.2. The molecular weight excluding hydrogens is 256 g/mol. The number of sulfone groups is 1. The first kappa shape index (κ1) is 13.2. The zero-order valence-corrected chi connectivity index (χ0v) is 10.1. The predicted octanol–water partition coefficient (Wildman–Crippen LogP) is -1.36. The van der Waals surface area contributed by atoms with E-state index in [0.717, 1.165) is 0 Å². The first-order valence-electron chi connectivity index (χ1n) is 4.75. The molecule has 1 saturated heterocycles. The van der Waals surface area contributed by atoms with Gasteiger partial charge in [-0.2, -0.15) is 0 Å². The maximum Gasteiger partial charge on any atom is 0.239 e. The molecule has 92 valence electrons. The van der Waals surface area contributed by atoms with E-state index in [1.807, 2.05) is 0 Å². The molecule has 1 unspecified atom stereocenters. The fraction of sp³-hybridized carbons (Fsp3) is 0.750. The molecule has 1 aliphatic heterocycles. The second-order valence-corrected chi connectivity index (χ2v) is 6.07. The molecule has 1 aliphatic rings. The third kappa shape index (κ3) is 4.36. The average Bonchev–Trinajstić information content (AvgIpc) is 2.54. The van der Waals surface area contributed by atoms with Gasteiger partial charge in [0.1, 0.15) is 5.88 Å². The van der Waals surface area contributed by atoms with E-state index in [1.165, 1.54) is 0 Å². The Kier molecular flexibility index (Phi) is 4.55. The Morgan fingerprint density at radius 2 is 2.00 bits per heavy atom. The molecule has 2 amide bonds. The minimum absolute atomic E-state index is 0.0256. The summed E-state index contributed by atoms with van der Waals surface area (Å²) in [4.78, 5) is 22.0. The van der Waals surface area contributed by atoms with Gasteiger partial charge in [-0.3, -0.25) is 9.59 Å². The molecule has 8 heteroatoms. The van der Waals surface area contributed by atoms with Gasteiger partial charge < -0.3 is 10.6 Å². The fourth-order valence-electron chi connectivity index (χ4n) is 1.41. The molecule has 0 aromatic rings. The minimum atomic E-state index is -3.00. The number of rotatable bonds is 4. The number of alkyl halides is 1. The van der Waals surface area contributed by atoms with E-state index < -0.39 is 21.7 Å². The number of carbonyl (C=O) groups is 2. The highest BCUT2D eigenvalue weighted by Crippen LogP contribution is 2.10. The molecule has 0 radical (unpaired) electrons. The largest absolute Gasteiger partial charge is 0.351 e. The van der Waals surface area contributed by atoms with Gasteiger partial charge in [-0.05, 0) is 6.42 Å². The van der Waals surface area contributed by atoms with Gasteiger partial charge in [0, 0.05) is 6.04 Å². The molecule has 0 aromatic heterocycles. The molecule has 1 fully saturated rings. The molecule has 1 rings (SSSR count). The summed E-state index contributed by atoms with van der Waals surface area (Å²) in [5.74, 6) is -0.962. The number of carbonyl (C=O) groups excluding carboxylic acids is 2. The van der Waals surface area contributed by atoms with Crippen LogP contribution in [-0.4, -0.2) is 50.2 Å². The van der Waals surface area contributed by atoms with Gasteiger partial charge >= 0.3 is 0 Å². The highest BCUT2D eigenvalue weighted by atomic mass is 35.5. The first-order chi connectivity index (χ1) is 7.43. The molecule has 2 N–H and O–H groups in total. The lowest BCUT2D eigenvalue weighted by Crippen LogP contribution is -2.42. The van der Waals surface area contributed by atoms with Crippen LogP contribution in [0.2, 0.25) is 0 Å². The van der Waals surface area contributed by atoms with E-state index in [4.69, 9.17) is 11.6 Å². The van der Waals surface area contributed by atoms with Crippen molar-refractivity contribution < 1.29 is 18.0 Å². The highest BCUT2D eigenvalue weighted by Gasteiger charge is 2.28. The van der Waals surface area contributed by atoms with Crippen molar-refractivity contribution in [1.82, 2.24) is 10.6 Å². The Bertz CT molecular complexity index is 381. The normalized spacial score (nSPS) is 22.7. The van der Waals surface area contributed by atoms with Gasteiger partial charge in [-0.15, -0.1) is 11.6 Å². The Morgan fingerprint density at radius 1 is 1.31 bits per heavy atom. The van der Waals surface area contributed by atoms with Crippen LogP contribution in [-0.2, 0) is 19.4 Å². The monoisotopic (exact) mass is 268 g/mol. The van der Waals surface area contributed by atoms with Crippen LogP contribution in [0.1, 0.15) is 6.42 Å². The summed E-state index contributed by atoms with van der Waals surface area (Å²) >= 11 is 5.22. The first-order valence-corrected chi connectivity index (χ1v) is 7.11. The number of nitrogens with one attached hydrogen (secondary N) is 2. The topological polar surface area (TPSA) is 92.3 Å². The zero-order chi connectivity index (χ0) is 12.2. The fourth-order valence-corrected chi connectivity index (χ4v) is 3.18. The summed E-state index contributed by atoms with van der Waals surface area (Å²) in [6.45, 7) is -0.178. The molecule has 6 nitrogen and oxygen atoms in total. The molecule has 0 spiro atoms. The van der Waals surface area contributed by atoms with Crippen molar-refractivity contribution in [3.8, 4) is 0 Å². The second-order valence-electron chi connectivity index (χ2n) is 3.58. The standard InChI is InChI=1S/C8H13ClN2O4S/c9-3-7(12)10-4-8(13)11-6-1-2-16(14,15)5-6/h6H,1-5H2,(H,10,12)(H,11,13). The minimum Gasteiger partial charge on any atom is -0.351 e. The summed E-state index contributed by atoms with van der Waals surface area (Å²) in [5.41, 5.74) is 0. The van der Waals surface area contributed by atoms with Gasteiger partial charge in [-0.25, -0.2) is 8.42 Å². The SMILES string of the molecule is O=C(CCl)NCC(=O)NC1CCS(=O)(=O)C1. The molecule has 16 heavy (non-hydrogen) atoms. The van der Waals surface area contributed by atoms with Gasteiger partial charge in [-0.1, -0.05) is 0 Å². The highest BCUT2D eigenvalue weighted by molar-refractivity contribution is 7.91. The van der Waals surface area contributed by atoms with E-state index in [-0.39, 0.29) is 30.0 Å². The van der Waals surface area contributed by atoms with E-state index in [2.05, 4.69) is 10.6 Å². The van der Waals surface area contributed by atoms with Crippen LogP contribution in [0.5, 0.6) is 0 Å².